The van der Waals surface area contributed by atoms with Crippen LogP contribution in [0.15, 0.2) is 54.6 Å². The van der Waals surface area contributed by atoms with Gasteiger partial charge in [-0.05, 0) is 68.7 Å². The highest BCUT2D eigenvalue weighted by Gasteiger charge is 2.29. The first kappa shape index (κ1) is 17.8. The Balaban J connectivity index is 1.64. The lowest BCUT2D eigenvalue weighted by Crippen LogP contribution is -2.39. The van der Waals surface area contributed by atoms with Crippen LogP contribution in [0.1, 0.15) is 41.2 Å². The molecule has 1 atom stereocenters. The Hall–Kier alpha value is -2.04. The van der Waals surface area contributed by atoms with Gasteiger partial charge in [-0.2, -0.15) is 0 Å². The smallest absolute Gasteiger partial charge is 0.166 e. The largest absolute Gasteiger partial charge is 0.330 e. The number of carbonyl (C=O) groups excluding carboxylic acids is 1. The maximum atomic E-state index is 13.0. The SMILES string of the molecule is NCCC(c1ccccc1)N1CCC(C(=O)c2ccc(F)cc2)CC1. The summed E-state index contributed by atoms with van der Waals surface area (Å²) in [6, 6.07) is 16.6. The summed E-state index contributed by atoms with van der Waals surface area (Å²) in [4.78, 5) is 15.1. The predicted molar refractivity (Wildman–Crippen MR) is 97.9 cm³/mol. The van der Waals surface area contributed by atoms with Gasteiger partial charge in [0.1, 0.15) is 5.82 Å². The Morgan fingerprint density at radius 3 is 2.32 bits per heavy atom. The van der Waals surface area contributed by atoms with Crippen molar-refractivity contribution >= 4 is 5.78 Å². The molecule has 132 valence electrons. The summed E-state index contributed by atoms with van der Waals surface area (Å²) < 4.78 is 13.0. The van der Waals surface area contributed by atoms with Crippen LogP contribution in [0.5, 0.6) is 0 Å². The second-order valence-electron chi connectivity index (χ2n) is 6.69. The van der Waals surface area contributed by atoms with E-state index in [9.17, 15) is 9.18 Å². The average molecular weight is 340 g/mol. The molecule has 3 rings (SSSR count). The van der Waals surface area contributed by atoms with Crippen LogP contribution in [-0.4, -0.2) is 30.3 Å². The van der Waals surface area contributed by atoms with Crippen LogP contribution in [0.3, 0.4) is 0 Å². The number of piperidine rings is 1. The fourth-order valence-corrected chi connectivity index (χ4v) is 3.72. The van der Waals surface area contributed by atoms with E-state index >= 15 is 0 Å². The lowest BCUT2D eigenvalue weighted by molar-refractivity contribution is 0.0783. The molecule has 1 heterocycles. The molecular formula is C21H25FN2O. The lowest BCUT2D eigenvalue weighted by atomic mass is 9.87. The van der Waals surface area contributed by atoms with Gasteiger partial charge in [-0.25, -0.2) is 4.39 Å². The number of nitrogens with two attached hydrogens (primary N) is 1. The van der Waals surface area contributed by atoms with Crippen LogP contribution in [-0.2, 0) is 0 Å². The van der Waals surface area contributed by atoms with E-state index in [2.05, 4.69) is 29.2 Å². The van der Waals surface area contributed by atoms with Crippen molar-refractivity contribution in [2.75, 3.05) is 19.6 Å². The van der Waals surface area contributed by atoms with E-state index < -0.39 is 0 Å². The normalized spacial score (nSPS) is 17.4. The zero-order valence-corrected chi connectivity index (χ0v) is 14.4. The number of benzene rings is 2. The number of ketones is 1. The van der Waals surface area contributed by atoms with Gasteiger partial charge in [0.2, 0.25) is 0 Å². The Kier molecular flexibility index (Phi) is 5.95. The van der Waals surface area contributed by atoms with Crippen LogP contribution >= 0.6 is 0 Å². The minimum absolute atomic E-state index is 0.0241. The summed E-state index contributed by atoms with van der Waals surface area (Å²) in [6.45, 7) is 2.42. The second kappa shape index (κ2) is 8.37. The van der Waals surface area contributed by atoms with Crippen LogP contribution in [0, 0.1) is 11.7 Å². The summed E-state index contributed by atoms with van der Waals surface area (Å²) in [5.74, 6) is -0.149. The van der Waals surface area contributed by atoms with Crippen LogP contribution < -0.4 is 5.73 Å². The molecule has 1 fully saturated rings. The van der Waals surface area contributed by atoms with Gasteiger partial charge < -0.3 is 5.73 Å². The average Bonchev–Trinajstić information content (AvgIpc) is 2.67. The molecule has 1 aliphatic heterocycles. The Morgan fingerprint density at radius 2 is 1.72 bits per heavy atom. The van der Waals surface area contributed by atoms with Crippen molar-refractivity contribution in [3.63, 3.8) is 0 Å². The summed E-state index contributed by atoms with van der Waals surface area (Å²) in [7, 11) is 0. The first-order chi connectivity index (χ1) is 12.2. The molecule has 4 heteroatoms. The van der Waals surface area contributed by atoms with Gasteiger partial charge >= 0.3 is 0 Å². The molecular weight excluding hydrogens is 315 g/mol. The minimum atomic E-state index is -0.307. The maximum Gasteiger partial charge on any atom is 0.166 e. The molecule has 0 amide bonds. The molecule has 0 radical (unpaired) electrons. The summed E-state index contributed by atoms with van der Waals surface area (Å²) >= 11 is 0. The number of likely N-dealkylation sites (tertiary alicyclic amines) is 1. The van der Waals surface area contributed by atoms with Crippen molar-refractivity contribution in [2.24, 2.45) is 11.7 Å². The topological polar surface area (TPSA) is 46.3 Å². The number of rotatable bonds is 6. The first-order valence-corrected chi connectivity index (χ1v) is 8.98. The highest BCUT2D eigenvalue weighted by molar-refractivity contribution is 5.97. The van der Waals surface area contributed by atoms with E-state index in [0.29, 0.717) is 18.2 Å². The van der Waals surface area contributed by atoms with Crippen molar-refractivity contribution < 1.29 is 9.18 Å². The quantitative estimate of drug-likeness (QED) is 0.814. The summed E-state index contributed by atoms with van der Waals surface area (Å²) in [5, 5.41) is 0. The molecule has 25 heavy (non-hydrogen) atoms. The molecule has 2 aromatic rings. The Labute approximate surface area is 148 Å². The lowest BCUT2D eigenvalue weighted by Gasteiger charge is -2.37. The highest BCUT2D eigenvalue weighted by Crippen LogP contribution is 2.30. The van der Waals surface area contributed by atoms with E-state index in [1.54, 1.807) is 12.1 Å². The molecule has 0 saturated carbocycles. The summed E-state index contributed by atoms with van der Waals surface area (Å²) in [5.41, 5.74) is 7.73. The third-order valence-electron chi connectivity index (χ3n) is 5.09. The standard InChI is InChI=1S/C21H25FN2O/c22-19-8-6-17(7-9-19)21(25)18-11-14-24(15-12-18)20(10-13-23)16-4-2-1-3-5-16/h1-9,18,20H,10-15,23H2. The van der Waals surface area contributed by atoms with Gasteiger partial charge in [0.05, 0.1) is 0 Å². The number of carbonyl (C=O) groups is 1. The van der Waals surface area contributed by atoms with Gasteiger partial charge in [0, 0.05) is 17.5 Å². The minimum Gasteiger partial charge on any atom is -0.330 e. The van der Waals surface area contributed by atoms with Crippen LogP contribution in [0.2, 0.25) is 0 Å². The van der Waals surface area contributed by atoms with E-state index in [-0.39, 0.29) is 17.5 Å². The second-order valence-corrected chi connectivity index (χ2v) is 6.69. The van der Waals surface area contributed by atoms with Gasteiger partial charge in [0.25, 0.3) is 0 Å². The molecule has 2 N–H and O–H groups in total. The molecule has 1 saturated heterocycles. The molecule has 0 aliphatic carbocycles. The number of halogens is 1. The fourth-order valence-electron chi connectivity index (χ4n) is 3.72. The van der Waals surface area contributed by atoms with Crippen molar-refractivity contribution in [2.45, 2.75) is 25.3 Å². The zero-order chi connectivity index (χ0) is 17.6. The van der Waals surface area contributed by atoms with Crippen LogP contribution in [0.25, 0.3) is 0 Å². The van der Waals surface area contributed by atoms with Crippen LogP contribution in [0.4, 0.5) is 4.39 Å². The van der Waals surface area contributed by atoms with E-state index in [1.807, 2.05) is 6.07 Å². The van der Waals surface area contributed by atoms with E-state index in [0.717, 1.165) is 32.4 Å². The van der Waals surface area contributed by atoms with Crippen molar-refractivity contribution in [3.05, 3.63) is 71.5 Å². The number of Topliss-reactive ketones (excluding diaryl/α,β-unsaturated/α-hetero) is 1. The molecule has 3 nitrogen and oxygen atoms in total. The predicted octanol–water partition coefficient (Wildman–Crippen LogP) is 3.81. The van der Waals surface area contributed by atoms with Gasteiger partial charge in [-0.1, -0.05) is 30.3 Å². The molecule has 1 unspecified atom stereocenters. The molecule has 0 bridgehead atoms. The Morgan fingerprint density at radius 1 is 1.08 bits per heavy atom. The van der Waals surface area contributed by atoms with Crippen molar-refractivity contribution in [3.8, 4) is 0 Å². The van der Waals surface area contributed by atoms with Gasteiger partial charge in [-0.15, -0.1) is 0 Å². The number of hydrogen-bond donors (Lipinski definition) is 1. The van der Waals surface area contributed by atoms with E-state index in [1.165, 1.54) is 17.7 Å². The third-order valence-corrected chi connectivity index (χ3v) is 5.09. The summed E-state index contributed by atoms with van der Waals surface area (Å²) in [6.07, 6.45) is 2.59. The molecule has 0 aromatic heterocycles. The van der Waals surface area contributed by atoms with Crippen molar-refractivity contribution in [1.29, 1.82) is 0 Å². The van der Waals surface area contributed by atoms with E-state index in [4.69, 9.17) is 5.73 Å². The Bertz CT molecular complexity index is 679. The molecule has 1 aliphatic rings. The van der Waals surface area contributed by atoms with Crippen molar-refractivity contribution in [1.82, 2.24) is 4.90 Å². The number of hydrogen-bond acceptors (Lipinski definition) is 3. The van der Waals surface area contributed by atoms with Gasteiger partial charge in [-0.3, -0.25) is 9.69 Å². The fraction of sp³-hybridized carbons (Fsp3) is 0.381. The van der Waals surface area contributed by atoms with Gasteiger partial charge in [0.15, 0.2) is 5.78 Å². The first-order valence-electron chi connectivity index (χ1n) is 8.98. The molecule has 0 spiro atoms. The third kappa shape index (κ3) is 4.33. The number of nitrogens with zero attached hydrogens (tertiary/aromatic N) is 1. The monoisotopic (exact) mass is 340 g/mol. The highest BCUT2D eigenvalue weighted by atomic mass is 19.1. The molecule has 2 aromatic carbocycles. The maximum absolute atomic E-state index is 13.0. The zero-order valence-electron chi connectivity index (χ0n) is 14.4.